The number of anilines is 1. The summed E-state index contributed by atoms with van der Waals surface area (Å²) in [7, 11) is -2.03. The first-order chi connectivity index (χ1) is 9.82. The molecule has 1 fully saturated rings. The van der Waals surface area contributed by atoms with Gasteiger partial charge in [0, 0.05) is 13.6 Å². The molecule has 0 amide bonds. The second kappa shape index (κ2) is 6.32. The van der Waals surface area contributed by atoms with Crippen molar-refractivity contribution in [1.29, 1.82) is 0 Å². The molecule has 2 N–H and O–H groups in total. The van der Waals surface area contributed by atoms with Crippen LogP contribution in [0.1, 0.15) is 37.7 Å². The predicted molar refractivity (Wildman–Crippen MR) is 81.9 cm³/mol. The van der Waals surface area contributed by atoms with E-state index < -0.39 is 15.8 Å². The minimum absolute atomic E-state index is 0.0669. The van der Waals surface area contributed by atoms with E-state index in [4.69, 9.17) is 5.73 Å². The number of hydrogen-bond donors (Lipinski definition) is 1. The highest BCUT2D eigenvalue weighted by atomic mass is 32.2. The fourth-order valence-electron chi connectivity index (χ4n) is 2.92. The molecule has 6 heteroatoms. The van der Waals surface area contributed by atoms with E-state index in [1.54, 1.807) is 7.05 Å². The number of nitrogens with zero attached hydrogens (tertiary/aromatic N) is 1. The molecular formula is C15H23FN2O2S. The van der Waals surface area contributed by atoms with Crippen LogP contribution in [0.4, 0.5) is 10.1 Å². The SMILES string of the molecule is Cc1cc(S(=O)(=O)N(C)CC2CCCCC2)cc(N)c1F. The third-order valence-electron chi connectivity index (χ3n) is 4.20. The fourth-order valence-corrected chi connectivity index (χ4v) is 4.29. The summed E-state index contributed by atoms with van der Waals surface area (Å²) in [5.74, 6) is -0.138. The van der Waals surface area contributed by atoms with Crippen molar-refractivity contribution in [3.05, 3.63) is 23.5 Å². The van der Waals surface area contributed by atoms with E-state index in [1.807, 2.05) is 0 Å². The number of sulfonamides is 1. The highest BCUT2D eigenvalue weighted by Crippen LogP contribution is 2.27. The summed E-state index contributed by atoms with van der Waals surface area (Å²) in [4.78, 5) is 0.0669. The Morgan fingerprint density at radius 3 is 2.48 bits per heavy atom. The van der Waals surface area contributed by atoms with Crippen molar-refractivity contribution < 1.29 is 12.8 Å². The number of hydrogen-bond acceptors (Lipinski definition) is 3. The lowest BCUT2D eigenvalue weighted by atomic mass is 9.89. The van der Waals surface area contributed by atoms with Crippen molar-refractivity contribution in [3.63, 3.8) is 0 Å². The first-order valence-electron chi connectivity index (χ1n) is 7.34. The number of benzene rings is 1. The van der Waals surface area contributed by atoms with Crippen LogP contribution in [0.25, 0.3) is 0 Å². The number of nitrogens with two attached hydrogens (primary N) is 1. The second-order valence-electron chi connectivity index (χ2n) is 5.93. The molecule has 1 aliphatic rings. The summed E-state index contributed by atoms with van der Waals surface area (Å²) in [5, 5.41) is 0. The third kappa shape index (κ3) is 3.55. The molecule has 118 valence electrons. The maximum atomic E-state index is 13.5. The van der Waals surface area contributed by atoms with E-state index >= 15 is 0 Å². The van der Waals surface area contributed by atoms with Crippen molar-refractivity contribution in [2.75, 3.05) is 19.3 Å². The zero-order valence-corrected chi connectivity index (χ0v) is 13.4. The average molecular weight is 314 g/mol. The smallest absolute Gasteiger partial charge is 0.242 e. The van der Waals surface area contributed by atoms with Gasteiger partial charge >= 0.3 is 0 Å². The lowest BCUT2D eigenvalue weighted by molar-refractivity contribution is 0.300. The van der Waals surface area contributed by atoms with Gasteiger partial charge in [-0.05, 0) is 43.4 Å². The molecule has 0 bridgehead atoms. The Morgan fingerprint density at radius 2 is 1.90 bits per heavy atom. The molecule has 0 atom stereocenters. The van der Waals surface area contributed by atoms with Crippen LogP contribution in [0.3, 0.4) is 0 Å². The number of rotatable bonds is 4. The summed E-state index contributed by atoms with van der Waals surface area (Å²) < 4.78 is 40.0. The van der Waals surface area contributed by atoms with Crippen LogP contribution in [0.5, 0.6) is 0 Å². The quantitative estimate of drug-likeness (QED) is 0.869. The van der Waals surface area contributed by atoms with E-state index in [1.165, 1.54) is 42.6 Å². The lowest BCUT2D eigenvalue weighted by Crippen LogP contribution is -2.32. The second-order valence-corrected chi connectivity index (χ2v) is 7.98. The summed E-state index contributed by atoms with van der Waals surface area (Å²) >= 11 is 0. The lowest BCUT2D eigenvalue weighted by Gasteiger charge is -2.26. The molecular weight excluding hydrogens is 291 g/mol. The Morgan fingerprint density at radius 1 is 1.29 bits per heavy atom. The zero-order valence-electron chi connectivity index (χ0n) is 12.6. The Bertz CT molecular complexity index is 587. The first-order valence-corrected chi connectivity index (χ1v) is 8.78. The van der Waals surface area contributed by atoms with Gasteiger partial charge in [-0.25, -0.2) is 17.1 Å². The molecule has 0 heterocycles. The number of nitrogen functional groups attached to an aromatic ring is 1. The molecule has 0 unspecified atom stereocenters. The molecule has 1 aliphatic carbocycles. The van der Waals surface area contributed by atoms with Gasteiger partial charge < -0.3 is 5.73 Å². The largest absolute Gasteiger partial charge is 0.396 e. The van der Waals surface area contributed by atoms with Crippen LogP contribution in [-0.4, -0.2) is 26.3 Å². The van der Waals surface area contributed by atoms with Gasteiger partial charge in [-0.15, -0.1) is 0 Å². The summed E-state index contributed by atoms with van der Waals surface area (Å²) in [5.41, 5.74) is 5.67. The van der Waals surface area contributed by atoms with Gasteiger partial charge in [-0.1, -0.05) is 19.3 Å². The maximum Gasteiger partial charge on any atom is 0.242 e. The van der Waals surface area contributed by atoms with Crippen LogP contribution in [0, 0.1) is 18.7 Å². The Balaban J connectivity index is 2.20. The Hall–Kier alpha value is -1.14. The van der Waals surface area contributed by atoms with E-state index in [9.17, 15) is 12.8 Å². The van der Waals surface area contributed by atoms with Crippen LogP contribution >= 0.6 is 0 Å². The monoisotopic (exact) mass is 314 g/mol. The van der Waals surface area contributed by atoms with E-state index in [0.29, 0.717) is 12.5 Å². The van der Waals surface area contributed by atoms with Crippen molar-refractivity contribution in [1.82, 2.24) is 4.31 Å². The van der Waals surface area contributed by atoms with Crippen LogP contribution < -0.4 is 5.73 Å². The van der Waals surface area contributed by atoms with Crippen molar-refractivity contribution in [2.45, 2.75) is 43.9 Å². The van der Waals surface area contributed by atoms with Gasteiger partial charge in [0.25, 0.3) is 0 Å². The maximum absolute atomic E-state index is 13.5. The molecule has 0 radical (unpaired) electrons. The van der Waals surface area contributed by atoms with E-state index in [0.717, 1.165) is 12.8 Å². The fraction of sp³-hybridized carbons (Fsp3) is 0.600. The molecule has 2 rings (SSSR count). The zero-order chi connectivity index (χ0) is 15.6. The first kappa shape index (κ1) is 16.2. The standard InChI is InChI=1S/C15H23FN2O2S/c1-11-8-13(9-14(17)15(11)16)21(19,20)18(2)10-12-6-4-3-5-7-12/h8-9,12H,3-7,10,17H2,1-2H3. The third-order valence-corrected chi connectivity index (χ3v) is 6.01. The van der Waals surface area contributed by atoms with Gasteiger partial charge in [-0.3, -0.25) is 0 Å². The average Bonchev–Trinajstić information content (AvgIpc) is 2.45. The van der Waals surface area contributed by atoms with Crippen molar-refractivity contribution >= 4 is 15.7 Å². The van der Waals surface area contributed by atoms with Gasteiger partial charge in [0.1, 0.15) is 5.82 Å². The highest BCUT2D eigenvalue weighted by molar-refractivity contribution is 7.89. The van der Waals surface area contributed by atoms with Gasteiger partial charge in [-0.2, -0.15) is 0 Å². The Labute approximate surface area is 126 Å². The number of halogens is 1. The molecule has 1 aromatic carbocycles. The normalized spacial score (nSPS) is 17.3. The van der Waals surface area contributed by atoms with Crippen molar-refractivity contribution in [2.24, 2.45) is 5.92 Å². The summed E-state index contributed by atoms with van der Waals surface area (Å²) in [6.07, 6.45) is 5.72. The topological polar surface area (TPSA) is 63.4 Å². The summed E-state index contributed by atoms with van der Waals surface area (Å²) in [6.45, 7) is 2.03. The van der Waals surface area contributed by atoms with Crippen molar-refractivity contribution in [3.8, 4) is 0 Å². The molecule has 21 heavy (non-hydrogen) atoms. The van der Waals surface area contributed by atoms with E-state index in [2.05, 4.69) is 0 Å². The molecule has 0 spiro atoms. The van der Waals surface area contributed by atoms with Crippen LogP contribution in [0.15, 0.2) is 17.0 Å². The number of aryl methyl sites for hydroxylation is 1. The van der Waals surface area contributed by atoms with Crippen LogP contribution in [-0.2, 0) is 10.0 Å². The van der Waals surface area contributed by atoms with Gasteiger partial charge in [0.2, 0.25) is 10.0 Å². The molecule has 0 saturated heterocycles. The van der Waals surface area contributed by atoms with Gasteiger partial charge in [0.05, 0.1) is 10.6 Å². The molecule has 4 nitrogen and oxygen atoms in total. The molecule has 0 aromatic heterocycles. The molecule has 0 aliphatic heterocycles. The predicted octanol–water partition coefficient (Wildman–Crippen LogP) is 2.92. The molecule has 1 saturated carbocycles. The van der Waals surface area contributed by atoms with E-state index in [-0.39, 0.29) is 16.1 Å². The molecule has 1 aromatic rings. The minimum Gasteiger partial charge on any atom is -0.396 e. The summed E-state index contributed by atoms with van der Waals surface area (Å²) in [6, 6.07) is 2.55. The van der Waals surface area contributed by atoms with Gasteiger partial charge in [0.15, 0.2) is 0 Å². The Kier molecular flexibility index (Phi) is 4.88. The highest BCUT2D eigenvalue weighted by Gasteiger charge is 2.26. The minimum atomic E-state index is -3.61. The van der Waals surface area contributed by atoms with Crippen LogP contribution in [0.2, 0.25) is 0 Å².